The molecule has 2 atom stereocenters. The van der Waals surface area contributed by atoms with Gasteiger partial charge < -0.3 is 15.1 Å². The van der Waals surface area contributed by atoms with Crippen LogP contribution in [0.15, 0.2) is 0 Å². The van der Waals surface area contributed by atoms with Gasteiger partial charge in [0.25, 0.3) is 0 Å². The predicted octanol–water partition coefficient (Wildman–Crippen LogP) is 1.95. The number of hydrogen-bond donors (Lipinski definition) is 1. The third-order valence-electron chi connectivity index (χ3n) is 4.74. The van der Waals surface area contributed by atoms with Gasteiger partial charge in [-0.3, -0.25) is 4.79 Å². The molecule has 0 radical (unpaired) electrons. The van der Waals surface area contributed by atoms with E-state index in [0.29, 0.717) is 18.4 Å². The van der Waals surface area contributed by atoms with E-state index in [1.54, 1.807) is 0 Å². The van der Waals surface area contributed by atoms with Crippen LogP contribution in [0, 0.1) is 5.92 Å². The molecular weight excluding hydrogens is 250 g/mol. The largest absolute Gasteiger partial charge is 0.352 e. The summed E-state index contributed by atoms with van der Waals surface area (Å²) in [7, 11) is 4.34. The average Bonchev–Trinajstić information content (AvgIpc) is 2.46. The third-order valence-corrected chi connectivity index (χ3v) is 4.74. The Kier molecular flexibility index (Phi) is 7.52. The van der Waals surface area contributed by atoms with Gasteiger partial charge in [0, 0.05) is 25.0 Å². The molecule has 0 bridgehead atoms. The van der Waals surface area contributed by atoms with E-state index in [2.05, 4.69) is 43.1 Å². The Balaban J connectivity index is 2.47. The van der Waals surface area contributed by atoms with Crippen molar-refractivity contribution in [1.82, 2.24) is 15.1 Å². The summed E-state index contributed by atoms with van der Waals surface area (Å²) in [6.45, 7) is 9.67. The van der Waals surface area contributed by atoms with Crippen molar-refractivity contribution in [2.75, 3.05) is 33.7 Å². The first-order chi connectivity index (χ1) is 9.47. The van der Waals surface area contributed by atoms with E-state index in [0.717, 1.165) is 32.1 Å². The second-order valence-corrected chi connectivity index (χ2v) is 6.41. The fourth-order valence-electron chi connectivity index (χ4n) is 2.86. The zero-order valence-electron chi connectivity index (χ0n) is 14.0. The maximum Gasteiger partial charge on any atom is 0.219 e. The minimum Gasteiger partial charge on any atom is -0.352 e. The second kappa shape index (κ2) is 8.63. The molecule has 118 valence electrons. The Bertz CT molecular complexity index is 285. The first-order valence-electron chi connectivity index (χ1n) is 8.16. The molecule has 4 heteroatoms. The zero-order valence-corrected chi connectivity index (χ0v) is 14.0. The average molecular weight is 283 g/mol. The maximum atomic E-state index is 11.7. The van der Waals surface area contributed by atoms with Gasteiger partial charge in [-0.25, -0.2) is 0 Å². The van der Waals surface area contributed by atoms with Crippen LogP contribution >= 0.6 is 0 Å². The van der Waals surface area contributed by atoms with Gasteiger partial charge in [0.05, 0.1) is 0 Å². The molecule has 1 amide bonds. The number of nitrogens with one attached hydrogen (secondary N) is 1. The van der Waals surface area contributed by atoms with Crippen LogP contribution in [-0.4, -0.2) is 61.5 Å². The number of carbonyl (C=O) groups excluding carboxylic acids is 1. The quantitative estimate of drug-likeness (QED) is 0.776. The van der Waals surface area contributed by atoms with Crippen LogP contribution in [0.5, 0.6) is 0 Å². The van der Waals surface area contributed by atoms with Crippen molar-refractivity contribution in [3.05, 3.63) is 0 Å². The first kappa shape index (κ1) is 17.4. The standard InChI is InChI=1S/C16H33N3O/c1-6-13(3)15(17-16(20)7-2)12-19-10-8-14(9-11-19)18(4)5/h13-15H,6-12H2,1-5H3,(H,17,20). The van der Waals surface area contributed by atoms with Crippen LogP contribution in [-0.2, 0) is 4.79 Å². The van der Waals surface area contributed by atoms with Gasteiger partial charge in [-0.2, -0.15) is 0 Å². The molecular formula is C16H33N3O. The zero-order chi connectivity index (χ0) is 15.1. The molecule has 0 aromatic rings. The first-order valence-corrected chi connectivity index (χ1v) is 8.16. The Morgan fingerprint density at radius 2 is 1.90 bits per heavy atom. The van der Waals surface area contributed by atoms with E-state index >= 15 is 0 Å². The summed E-state index contributed by atoms with van der Waals surface area (Å²) in [5.74, 6) is 0.718. The number of likely N-dealkylation sites (tertiary alicyclic amines) is 1. The van der Waals surface area contributed by atoms with E-state index < -0.39 is 0 Å². The van der Waals surface area contributed by atoms with Crippen molar-refractivity contribution in [3.8, 4) is 0 Å². The van der Waals surface area contributed by atoms with E-state index in [9.17, 15) is 4.79 Å². The molecule has 0 aromatic heterocycles. The topological polar surface area (TPSA) is 35.6 Å². The summed E-state index contributed by atoms with van der Waals surface area (Å²) in [4.78, 5) is 16.5. The van der Waals surface area contributed by atoms with Crippen molar-refractivity contribution < 1.29 is 4.79 Å². The van der Waals surface area contributed by atoms with Gasteiger partial charge in [-0.15, -0.1) is 0 Å². The van der Waals surface area contributed by atoms with Gasteiger partial charge in [0.2, 0.25) is 5.91 Å². The Morgan fingerprint density at radius 3 is 2.35 bits per heavy atom. The number of piperidine rings is 1. The minimum atomic E-state index is 0.179. The van der Waals surface area contributed by atoms with Crippen LogP contribution < -0.4 is 5.32 Å². The van der Waals surface area contributed by atoms with Gasteiger partial charge >= 0.3 is 0 Å². The highest BCUT2D eigenvalue weighted by molar-refractivity contribution is 5.75. The second-order valence-electron chi connectivity index (χ2n) is 6.41. The summed E-state index contributed by atoms with van der Waals surface area (Å²) >= 11 is 0. The molecule has 0 aliphatic carbocycles. The van der Waals surface area contributed by atoms with E-state index in [-0.39, 0.29) is 5.91 Å². The lowest BCUT2D eigenvalue weighted by molar-refractivity contribution is -0.122. The van der Waals surface area contributed by atoms with Crippen LogP contribution in [0.4, 0.5) is 0 Å². The number of hydrogen-bond acceptors (Lipinski definition) is 3. The van der Waals surface area contributed by atoms with Gasteiger partial charge in [-0.05, 0) is 45.9 Å². The lowest BCUT2D eigenvalue weighted by atomic mass is 9.96. The smallest absolute Gasteiger partial charge is 0.219 e. The van der Waals surface area contributed by atoms with E-state index in [1.807, 2.05) is 6.92 Å². The maximum absolute atomic E-state index is 11.7. The summed E-state index contributed by atoms with van der Waals surface area (Å²) in [6.07, 6.45) is 4.17. The molecule has 1 fully saturated rings. The summed E-state index contributed by atoms with van der Waals surface area (Å²) in [5, 5.41) is 3.21. The van der Waals surface area contributed by atoms with Crippen LogP contribution in [0.2, 0.25) is 0 Å². The van der Waals surface area contributed by atoms with Crippen molar-refractivity contribution in [3.63, 3.8) is 0 Å². The summed E-state index contributed by atoms with van der Waals surface area (Å²) in [5.41, 5.74) is 0. The summed E-state index contributed by atoms with van der Waals surface area (Å²) in [6, 6.07) is 1.02. The summed E-state index contributed by atoms with van der Waals surface area (Å²) < 4.78 is 0. The highest BCUT2D eigenvalue weighted by Gasteiger charge is 2.25. The van der Waals surface area contributed by atoms with Crippen LogP contribution in [0.1, 0.15) is 46.5 Å². The predicted molar refractivity (Wildman–Crippen MR) is 84.8 cm³/mol. The molecule has 1 aliphatic rings. The SMILES string of the molecule is CCC(=O)NC(CN1CCC(N(C)C)CC1)C(C)CC. The lowest BCUT2D eigenvalue weighted by Crippen LogP contribution is -2.50. The Hall–Kier alpha value is -0.610. The van der Waals surface area contributed by atoms with Gasteiger partial charge in [0.1, 0.15) is 0 Å². The minimum absolute atomic E-state index is 0.179. The monoisotopic (exact) mass is 283 g/mol. The van der Waals surface area contributed by atoms with Crippen LogP contribution in [0.25, 0.3) is 0 Å². The van der Waals surface area contributed by atoms with Crippen molar-refractivity contribution in [2.24, 2.45) is 5.92 Å². The van der Waals surface area contributed by atoms with Crippen molar-refractivity contribution >= 4 is 5.91 Å². The molecule has 1 aliphatic heterocycles. The molecule has 0 spiro atoms. The molecule has 1 N–H and O–H groups in total. The Morgan fingerprint density at radius 1 is 1.30 bits per heavy atom. The highest BCUT2D eigenvalue weighted by atomic mass is 16.1. The van der Waals surface area contributed by atoms with Crippen molar-refractivity contribution in [1.29, 1.82) is 0 Å². The van der Waals surface area contributed by atoms with Gasteiger partial charge in [0.15, 0.2) is 0 Å². The molecule has 1 rings (SSSR count). The van der Waals surface area contributed by atoms with Gasteiger partial charge in [-0.1, -0.05) is 27.2 Å². The van der Waals surface area contributed by atoms with Crippen LogP contribution in [0.3, 0.4) is 0 Å². The molecule has 20 heavy (non-hydrogen) atoms. The number of carbonyl (C=O) groups is 1. The van der Waals surface area contributed by atoms with Crippen molar-refractivity contribution in [2.45, 2.75) is 58.5 Å². The fourth-order valence-corrected chi connectivity index (χ4v) is 2.86. The fraction of sp³-hybridized carbons (Fsp3) is 0.938. The molecule has 2 unspecified atom stereocenters. The Labute approximate surface area is 124 Å². The third kappa shape index (κ3) is 5.41. The number of amides is 1. The molecule has 1 heterocycles. The van der Waals surface area contributed by atoms with E-state index in [1.165, 1.54) is 12.8 Å². The number of rotatable bonds is 7. The molecule has 0 aromatic carbocycles. The number of nitrogens with zero attached hydrogens (tertiary/aromatic N) is 2. The normalized spacial score (nSPS) is 20.9. The molecule has 0 saturated carbocycles. The molecule has 1 saturated heterocycles. The highest BCUT2D eigenvalue weighted by Crippen LogP contribution is 2.17. The molecule has 4 nitrogen and oxygen atoms in total. The lowest BCUT2D eigenvalue weighted by Gasteiger charge is -2.38. The van der Waals surface area contributed by atoms with E-state index in [4.69, 9.17) is 0 Å².